The van der Waals surface area contributed by atoms with Gasteiger partial charge in [0, 0.05) is 24.6 Å². The van der Waals surface area contributed by atoms with Crippen molar-refractivity contribution in [3.05, 3.63) is 18.0 Å². The Kier molecular flexibility index (Phi) is 4.41. The quantitative estimate of drug-likeness (QED) is 0.597. The third-order valence-corrected chi connectivity index (χ3v) is 1.96. The van der Waals surface area contributed by atoms with Crippen LogP contribution in [0.4, 0.5) is 0 Å². The molecular formula is C9H14N2O4. The van der Waals surface area contributed by atoms with Gasteiger partial charge < -0.3 is 20.1 Å². The van der Waals surface area contributed by atoms with Gasteiger partial charge in [-0.05, 0) is 6.42 Å². The zero-order valence-corrected chi connectivity index (χ0v) is 8.37. The molecule has 2 unspecified atom stereocenters. The third kappa shape index (κ3) is 3.12. The van der Waals surface area contributed by atoms with Crippen molar-refractivity contribution in [2.75, 3.05) is 13.7 Å². The molecule has 0 spiro atoms. The van der Waals surface area contributed by atoms with Crippen molar-refractivity contribution in [3.8, 4) is 6.01 Å². The van der Waals surface area contributed by atoms with Crippen molar-refractivity contribution < 1.29 is 20.1 Å². The van der Waals surface area contributed by atoms with E-state index in [1.165, 1.54) is 19.5 Å². The molecule has 1 heterocycles. The van der Waals surface area contributed by atoms with Gasteiger partial charge >= 0.3 is 6.01 Å². The lowest BCUT2D eigenvalue weighted by Gasteiger charge is -2.16. The third-order valence-electron chi connectivity index (χ3n) is 1.96. The lowest BCUT2D eigenvalue weighted by Crippen LogP contribution is -2.19. The number of methoxy groups -OCH3 is 1. The average molecular weight is 214 g/mol. The van der Waals surface area contributed by atoms with Crippen LogP contribution < -0.4 is 4.74 Å². The highest BCUT2D eigenvalue weighted by atomic mass is 16.5. The lowest BCUT2D eigenvalue weighted by atomic mass is 10.1. The first-order valence-electron chi connectivity index (χ1n) is 4.52. The fourth-order valence-electron chi connectivity index (χ4n) is 1.10. The van der Waals surface area contributed by atoms with E-state index in [2.05, 4.69) is 9.97 Å². The van der Waals surface area contributed by atoms with Crippen molar-refractivity contribution >= 4 is 0 Å². The Morgan fingerprint density at radius 2 is 1.93 bits per heavy atom. The zero-order valence-electron chi connectivity index (χ0n) is 8.37. The summed E-state index contributed by atoms with van der Waals surface area (Å²) in [4.78, 5) is 7.59. The van der Waals surface area contributed by atoms with E-state index in [1.54, 1.807) is 0 Å². The van der Waals surface area contributed by atoms with E-state index in [0.29, 0.717) is 5.56 Å². The molecular weight excluding hydrogens is 200 g/mol. The highest BCUT2D eigenvalue weighted by Crippen LogP contribution is 2.17. The number of ether oxygens (including phenoxy) is 1. The van der Waals surface area contributed by atoms with Crippen molar-refractivity contribution in [1.29, 1.82) is 0 Å². The molecule has 1 rings (SSSR count). The van der Waals surface area contributed by atoms with Crippen LogP contribution in [0.2, 0.25) is 0 Å². The van der Waals surface area contributed by atoms with Gasteiger partial charge in [-0.1, -0.05) is 0 Å². The van der Waals surface area contributed by atoms with Crippen LogP contribution in [0, 0.1) is 0 Å². The minimum Gasteiger partial charge on any atom is -0.467 e. The molecule has 0 aliphatic heterocycles. The summed E-state index contributed by atoms with van der Waals surface area (Å²) < 4.78 is 4.75. The summed E-state index contributed by atoms with van der Waals surface area (Å²) in [5.74, 6) is 0. The molecule has 0 saturated carbocycles. The van der Waals surface area contributed by atoms with E-state index in [1.807, 2.05) is 0 Å². The summed E-state index contributed by atoms with van der Waals surface area (Å²) in [6.07, 6.45) is 0.733. The van der Waals surface area contributed by atoms with Crippen LogP contribution in [-0.4, -0.2) is 45.1 Å². The predicted octanol–water partition coefficient (Wildman–Crippen LogP) is -0.738. The maximum atomic E-state index is 9.60. The van der Waals surface area contributed by atoms with Gasteiger partial charge in [-0.15, -0.1) is 0 Å². The van der Waals surface area contributed by atoms with E-state index >= 15 is 0 Å². The minimum absolute atomic E-state index is 0.104. The molecule has 0 aromatic carbocycles. The Labute approximate surface area is 87.2 Å². The summed E-state index contributed by atoms with van der Waals surface area (Å²) in [5, 5.41) is 27.6. The Morgan fingerprint density at radius 3 is 2.40 bits per heavy atom. The van der Waals surface area contributed by atoms with E-state index in [-0.39, 0.29) is 19.0 Å². The highest BCUT2D eigenvalue weighted by Gasteiger charge is 2.18. The van der Waals surface area contributed by atoms with Crippen LogP contribution >= 0.6 is 0 Å². The van der Waals surface area contributed by atoms with Crippen molar-refractivity contribution in [2.24, 2.45) is 0 Å². The van der Waals surface area contributed by atoms with Crippen molar-refractivity contribution in [1.82, 2.24) is 9.97 Å². The fraction of sp³-hybridized carbons (Fsp3) is 0.556. The molecule has 6 nitrogen and oxygen atoms in total. The molecule has 15 heavy (non-hydrogen) atoms. The molecule has 0 radical (unpaired) electrons. The average Bonchev–Trinajstić information content (AvgIpc) is 2.28. The molecule has 0 bridgehead atoms. The largest absolute Gasteiger partial charge is 0.467 e. The number of aromatic nitrogens is 2. The smallest absolute Gasteiger partial charge is 0.316 e. The first kappa shape index (κ1) is 11.8. The van der Waals surface area contributed by atoms with E-state index in [9.17, 15) is 10.2 Å². The maximum Gasteiger partial charge on any atom is 0.316 e. The number of rotatable bonds is 5. The number of nitrogens with zero attached hydrogens (tertiary/aromatic N) is 2. The van der Waals surface area contributed by atoms with Gasteiger partial charge in [0.15, 0.2) is 0 Å². The molecule has 3 N–H and O–H groups in total. The Hall–Kier alpha value is -1.24. The molecule has 6 heteroatoms. The zero-order chi connectivity index (χ0) is 11.3. The molecule has 0 aliphatic rings. The van der Waals surface area contributed by atoms with Crippen LogP contribution in [0.15, 0.2) is 12.4 Å². The van der Waals surface area contributed by atoms with E-state index < -0.39 is 12.2 Å². The van der Waals surface area contributed by atoms with Crippen LogP contribution in [-0.2, 0) is 0 Å². The van der Waals surface area contributed by atoms with Crippen molar-refractivity contribution in [3.63, 3.8) is 0 Å². The Bertz CT molecular complexity index is 291. The maximum absolute atomic E-state index is 9.60. The Morgan fingerprint density at radius 1 is 1.33 bits per heavy atom. The standard InChI is InChI=1S/C9H14N2O4/c1-15-9-10-4-6(5-11-9)8(14)7(13)2-3-12/h4-5,7-8,12-14H,2-3H2,1H3. The molecule has 1 aromatic heterocycles. The normalized spacial score (nSPS) is 14.7. The second kappa shape index (κ2) is 5.59. The van der Waals surface area contributed by atoms with Gasteiger partial charge in [-0.25, -0.2) is 9.97 Å². The molecule has 0 saturated heterocycles. The van der Waals surface area contributed by atoms with Gasteiger partial charge in [0.05, 0.1) is 13.2 Å². The fourth-order valence-corrected chi connectivity index (χ4v) is 1.10. The van der Waals surface area contributed by atoms with Crippen LogP contribution in [0.1, 0.15) is 18.1 Å². The second-order valence-corrected chi connectivity index (χ2v) is 3.03. The van der Waals surface area contributed by atoms with Gasteiger partial charge in [-0.3, -0.25) is 0 Å². The van der Waals surface area contributed by atoms with Gasteiger partial charge in [0.2, 0.25) is 0 Å². The SMILES string of the molecule is COc1ncc(C(O)C(O)CCO)cn1. The Balaban J connectivity index is 2.69. The summed E-state index contributed by atoms with van der Waals surface area (Å²) in [5.41, 5.74) is 0.386. The lowest BCUT2D eigenvalue weighted by molar-refractivity contribution is 0.00378. The number of aliphatic hydroxyl groups is 3. The molecule has 2 atom stereocenters. The number of hydrogen-bond acceptors (Lipinski definition) is 6. The molecule has 0 amide bonds. The predicted molar refractivity (Wildman–Crippen MR) is 51.3 cm³/mol. The monoisotopic (exact) mass is 214 g/mol. The molecule has 84 valence electrons. The molecule has 0 fully saturated rings. The van der Waals surface area contributed by atoms with Crippen LogP contribution in [0.3, 0.4) is 0 Å². The van der Waals surface area contributed by atoms with Gasteiger partial charge in [-0.2, -0.15) is 0 Å². The summed E-state index contributed by atoms with van der Waals surface area (Å²) in [7, 11) is 1.44. The molecule has 1 aromatic rings. The van der Waals surface area contributed by atoms with Crippen LogP contribution in [0.5, 0.6) is 6.01 Å². The minimum atomic E-state index is -1.09. The van der Waals surface area contributed by atoms with Crippen LogP contribution in [0.25, 0.3) is 0 Å². The topological polar surface area (TPSA) is 95.7 Å². The first-order chi connectivity index (χ1) is 7.19. The first-order valence-corrected chi connectivity index (χ1v) is 4.52. The van der Waals surface area contributed by atoms with E-state index in [0.717, 1.165) is 0 Å². The molecule has 0 aliphatic carbocycles. The van der Waals surface area contributed by atoms with E-state index in [4.69, 9.17) is 9.84 Å². The van der Waals surface area contributed by atoms with Gasteiger partial charge in [0.25, 0.3) is 0 Å². The summed E-state index contributed by atoms with van der Waals surface area (Å²) in [6, 6.07) is 0.197. The highest BCUT2D eigenvalue weighted by molar-refractivity contribution is 5.11. The van der Waals surface area contributed by atoms with Crippen molar-refractivity contribution in [2.45, 2.75) is 18.6 Å². The number of hydrogen-bond donors (Lipinski definition) is 3. The number of aliphatic hydroxyl groups excluding tert-OH is 3. The van der Waals surface area contributed by atoms with Gasteiger partial charge in [0.1, 0.15) is 6.10 Å². The second-order valence-electron chi connectivity index (χ2n) is 3.03. The summed E-state index contributed by atoms with van der Waals surface area (Å²) in [6.45, 7) is -0.185. The summed E-state index contributed by atoms with van der Waals surface area (Å²) >= 11 is 0.